The summed E-state index contributed by atoms with van der Waals surface area (Å²) in [7, 11) is 0. The lowest BCUT2D eigenvalue weighted by atomic mass is 10.1. The number of aryl methyl sites for hydroxylation is 1. The van der Waals surface area contributed by atoms with Gasteiger partial charge in [-0.05, 0) is 55.3 Å². The maximum absolute atomic E-state index is 12.5. The lowest BCUT2D eigenvalue weighted by molar-refractivity contribution is -0.152. The quantitative estimate of drug-likeness (QED) is 0.464. The molecule has 0 spiro atoms. The van der Waals surface area contributed by atoms with Crippen molar-refractivity contribution in [3.63, 3.8) is 0 Å². The number of fused-ring (bicyclic) bond motifs is 2. The Morgan fingerprint density at radius 1 is 0.938 bits per heavy atom. The van der Waals surface area contributed by atoms with Crippen LogP contribution in [0, 0.1) is 0 Å². The van der Waals surface area contributed by atoms with Crippen LogP contribution in [0.15, 0.2) is 82.6 Å². The summed E-state index contributed by atoms with van der Waals surface area (Å²) in [5.74, 6) is -0.741. The van der Waals surface area contributed by atoms with Gasteiger partial charge in [-0.2, -0.15) is 0 Å². The Morgan fingerprint density at radius 3 is 2.12 bits per heavy atom. The number of nitrogens with one attached hydrogen (secondary N) is 1. The molecule has 1 aliphatic rings. The van der Waals surface area contributed by atoms with Crippen molar-refractivity contribution in [1.29, 1.82) is 0 Å². The Balaban J connectivity index is 1.36. The molecule has 1 N–H and O–H groups in total. The van der Waals surface area contributed by atoms with E-state index in [4.69, 9.17) is 4.74 Å². The Labute approximate surface area is 192 Å². The molecule has 1 heterocycles. The second-order valence-corrected chi connectivity index (χ2v) is 8.69. The highest BCUT2D eigenvalue weighted by atomic mass is 32.2. The molecule has 0 radical (unpaired) electrons. The Morgan fingerprint density at radius 2 is 1.53 bits per heavy atom. The number of para-hydroxylation sites is 2. The van der Waals surface area contributed by atoms with Crippen LogP contribution in [0.3, 0.4) is 0 Å². The zero-order chi connectivity index (χ0) is 22.5. The van der Waals surface area contributed by atoms with Crippen LogP contribution in [-0.2, 0) is 20.7 Å². The molecule has 3 aromatic carbocycles. The van der Waals surface area contributed by atoms with Gasteiger partial charge in [0, 0.05) is 22.0 Å². The van der Waals surface area contributed by atoms with E-state index in [9.17, 15) is 9.59 Å². The van der Waals surface area contributed by atoms with Crippen LogP contribution in [-0.4, -0.2) is 24.5 Å². The maximum atomic E-state index is 12.5. The zero-order valence-electron chi connectivity index (χ0n) is 18.2. The van der Waals surface area contributed by atoms with E-state index in [1.54, 1.807) is 18.7 Å². The largest absolute Gasteiger partial charge is 0.452 e. The Bertz CT molecular complexity index is 1070. The number of anilines is 3. The molecule has 32 heavy (non-hydrogen) atoms. The van der Waals surface area contributed by atoms with Crippen LogP contribution in [0.4, 0.5) is 17.1 Å². The number of hydrogen-bond donors (Lipinski definition) is 1. The van der Waals surface area contributed by atoms with E-state index < -0.39 is 12.1 Å². The monoisotopic (exact) mass is 446 g/mol. The van der Waals surface area contributed by atoms with Gasteiger partial charge in [0.15, 0.2) is 6.10 Å². The minimum Gasteiger partial charge on any atom is -0.452 e. The number of ether oxygens (including phenoxy) is 1. The first-order valence-corrected chi connectivity index (χ1v) is 11.6. The van der Waals surface area contributed by atoms with Gasteiger partial charge in [-0.15, -0.1) is 0 Å². The summed E-state index contributed by atoms with van der Waals surface area (Å²) < 4.78 is 5.41. The van der Waals surface area contributed by atoms with Gasteiger partial charge in [0.1, 0.15) is 0 Å². The van der Waals surface area contributed by atoms with Crippen molar-refractivity contribution in [1.82, 2.24) is 0 Å². The zero-order valence-corrected chi connectivity index (χ0v) is 19.0. The number of amides is 1. The number of nitrogens with zero attached hydrogens (tertiary/aromatic N) is 1. The average molecular weight is 447 g/mol. The highest BCUT2D eigenvalue weighted by Crippen LogP contribution is 2.47. The molecule has 3 aromatic rings. The smallest absolute Gasteiger partial charge is 0.308 e. The molecule has 0 fully saturated rings. The normalized spacial score (nSPS) is 13.0. The molecule has 5 nitrogen and oxygen atoms in total. The molecule has 164 valence electrons. The van der Waals surface area contributed by atoms with E-state index in [0.717, 1.165) is 27.6 Å². The number of hydrogen-bond acceptors (Lipinski definition) is 5. The molecule has 0 saturated carbocycles. The Hall–Kier alpha value is -3.25. The molecule has 1 aliphatic heterocycles. The van der Waals surface area contributed by atoms with Gasteiger partial charge in [0.25, 0.3) is 5.91 Å². The number of benzene rings is 3. The van der Waals surface area contributed by atoms with Crippen LogP contribution in [0.1, 0.15) is 25.8 Å². The first-order chi connectivity index (χ1) is 15.5. The molecule has 1 amide bonds. The van der Waals surface area contributed by atoms with Gasteiger partial charge in [-0.25, -0.2) is 0 Å². The molecule has 0 aliphatic carbocycles. The van der Waals surface area contributed by atoms with Crippen molar-refractivity contribution in [3.8, 4) is 0 Å². The van der Waals surface area contributed by atoms with Crippen molar-refractivity contribution in [2.75, 3.05) is 16.8 Å². The highest BCUT2D eigenvalue weighted by Gasteiger charge is 2.24. The summed E-state index contributed by atoms with van der Waals surface area (Å²) in [6, 6.07) is 24.0. The fourth-order valence-corrected chi connectivity index (χ4v) is 4.70. The van der Waals surface area contributed by atoms with Crippen molar-refractivity contribution in [2.45, 2.75) is 42.6 Å². The summed E-state index contributed by atoms with van der Waals surface area (Å²) in [6.45, 7) is 4.14. The standard InChI is InChI=1S/C26H26N2O3S/c1-3-19-12-14-20(15-13-19)27-26(30)18(2)31-25(29)16-17-28-21-8-4-6-10-23(21)32-24-11-7-5-9-22(24)28/h4-15,18H,3,16-17H2,1-2H3,(H,27,30). The molecule has 6 heteroatoms. The van der Waals surface area contributed by atoms with Gasteiger partial charge in [0.2, 0.25) is 0 Å². The molecular weight excluding hydrogens is 420 g/mol. The summed E-state index contributed by atoms with van der Waals surface area (Å²) in [4.78, 5) is 29.4. The molecule has 4 rings (SSSR count). The van der Waals surface area contributed by atoms with Gasteiger partial charge >= 0.3 is 5.97 Å². The highest BCUT2D eigenvalue weighted by molar-refractivity contribution is 7.99. The minimum atomic E-state index is -0.871. The van der Waals surface area contributed by atoms with Crippen molar-refractivity contribution < 1.29 is 14.3 Å². The molecule has 0 bridgehead atoms. The number of esters is 1. The SMILES string of the molecule is CCc1ccc(NC(=O)C(C)OC(=O)CCN2c3ccccc3Sc3ccccc32)cc1. The number of rotatable bonds is 7. The lowest BCUT2D eigenvalue weighted by Gasteiger charge is -2.32. The molecule has 0 saturated heterocycles. The third-order valence-corrected chi connectivity index (χ3v) is 6.51. The fourth-order valence-electron chi connectivity index (χ4n) is 3.60. The van der Waals surface area contributed by atoms with E-state index in [-0.39, 0.29) is 12.3 Å². The van der Waals surface area contributed by atoms with Gasteiger partial charge in [-0.1, -0.05) is 55.1 Å². The molecular formula is C26H26N2O3S. The first-order valence-electron chi connectivity index (χ1n) is 10.8. The second kappa shape index (κ2) is 9.92. The van der Waals surface area contributed by atoms with Crippen LogP contribution in [0.25, 0.3) is 0 Å². The van der Waals surface area contributed by atoms with E-state index in [1.165, 1.54) is 5.56 Å². The van der Waals surface area contributed by atoms with Crippen molar-refractivity contribution in [3.05, 3.63) is 78.4 Å². The number of carbonyl (C=O) groups excluding carboxylic acids is 2. The van der Waals surface area contributed by atoms with Crippen molar-refractivity contribution >= 4 is 40.7 Å². The van der Waals surface area contributed by atoms with E-state index in [0.29, 0.717) is 12.2 Å². The maximum Gasteiger partial charge on any atom is 0.308 e. The molecule has 1 atom stereocenters. The minimum absolute atomic E-state index is 0.177. The summed E-state index contributed by atoms with van der Waals surface area (Å²) >= 11 is 1.73. The first kappa shape index (κ1) is 22.0. The van der Waals surface area contributed by atoms with Crippen molar-refractivity contribution in [2.24, 2.45) is 0 Å². The Kier molecular flexibility index (Phi) is 6.81. The van der Waals surface area contributed by atoms with Gasteiger partial charge in [-0.3, -0.25) is 9.59 Å². The number of carbonyl (C=O) groups is 2. The predicted octanol–water partition coefficient (Wildman–Crippen LogP) is 5.81. The van der Waals surface area contributed by atoms with Crippen LogP contribution in [0.5, 0.6) is 0 Å². The van der Waals surface area contributed by atoms with E-state index in [1.807, 2.05) is 48.5 Å². The summed E-state index contributed by atoms with van der Waals surface area (Å²) in [5, 5.41) is 2.80. The summed E-state index contributed by atoms with van der Waals surface area (Å²) in [6.07, 6.45) is 0.244. The van der Waals surface area contributed by atoms with Crippen LogP contribution in [0.2, 0.25) is 0 Å². The lowest BCUT2D eigenvalue weighted by Crippen LogP contribution is -2.31. The van der Waals surface area contributed by atoms with Gasteiger partial charge in [0.05, 0.1) is 17.8 Å². The van der Waals surface area contributed by atoms with E-state index >= 15 is 0 Å². The topological polar surface area (TPSA) is 58.6 Å². The third kappa shape index (κ3) is 4.97. The van der Waals surface area contributed by atoms with Gasteiger partial charge < -0.3 is 15.0 Å². The third-order valence-electron chi connectivity index (χ3n) is 5.38. The predicted molar refractivity (Wildman–Crippen MR) is 129 cm³/mol. The molecule has 0 aromatic heterocycles. The van der Waals surface area contributed by atoms with Crippen LogP contribution >= 0.6 is 11.8 Å². The van der Waals surface area contributed by atoms with E-state index in [2.05, 4.69) is 41.4 Å². The second-order valence-electron chi connectivity index (χ2n) is 7.61. The summed E-state index contributed by atoms with van der Waals surface area (Å²) in [5.41, 5.74) is 4.03. The molecule has 1 unspecified atom stereocenters. The average Bonchev–Trinajstić information content (AvgIpc) is 2.82. The van der Waals surface area contributed by atoms with Crippen LogP contribution < -0.4 is 10.2 Å². The fraction of sp³-hybridized carbons (Fsp3) is 0.231.